The molecule has 0 amide bonds. The fourth-order valence-corrected chi connectivity index (χ4v) is 1.76. The van der Waals surface area contributed by atoms with Gasteiger partial charge in [0, 0.05) is 12.6 Å². The molecule has 4 nitrogen and oxygen atoms in total. The molecule has 1 aliphatic rings. The van der Waals surface area contributed by atoms with Crippen LogP contribution in [0.2, 0.25) is 0 Å². The average Bonchev–Trinajstić information content (AvgIpc) is 2.61. The van der Waals surface area contributed by atoms with Gasteiger partial charge in [0.2, 0.25) is 0 Å². The van der Waals surface area contributed by atoms with E-state index < -0.39 is 5.97 Å². The zero-order valence-electron chi connectivity index (χ0n) is 8.75. The van der Waals surface area contributed by atoms with Crippen LogP contribution in [0.1, 0.15) is 32.6 Å². The second kappa shape index (κ2) is 5.98. The van der Waals surface area contributed by atoms with Gasteiger partial charge >= 0.3 is 5.97 Å². The zero-order chi connectivity index (χ0) is 10.4. The molecule has 0 aromatic carbocycles. The average molecular weight is 200 g/mol. The van der Waals surface area contributed by atoms with E-state index in [2.05, 4.69) is 17.6 Å². The summed E-state index contributed by atoms with van der Waals surface area (Å²) in [6.45, 7) is 3.97. The van der Waals surface area contributed by atoms with Crippen molar-refractivity contribution in [2.75, 3.05) is 13.1 Å². The molecule has 1 fully saturated rings. The molecule has 2 atom stereocenters. The van der Waals surface area contributed by atoms with Crippen LogP contribution < -0.4 is 10.6 Å². The maximum Gasteiger partial charge on any atom is 0.320 e. The third kappa shape index (κ3) is 3.64. The van der Waals surface area contributed by atoms with Gasteiger partial charge in [0.05, 0.1) is 0 Å². The van der Waals surface area contributed by atoms with Gasteiger partial charge in [-0.05, 0) is 19.4 Å². The first-order chi connectivity index (χ1) is 6.74. The van der Waals surface area contributed by atoms with Crippen molar-refractivity contribution in [1.29, 1.82) is 0 Å². The molecule has 0 aromatic rings. The van der Waals surface area contributed by atoms with E-state index in [1.54, 1.807) is 0 Å². The molecule has 0 saturated carbocycles. The van der Waals surface area contributed by atoms with Crippen LogP contribution >= 0.6 is 0 Å². The number of carbonyl (C=O) groups is 1. The first kappa shape index (κ1) is 11.5. The minimum atomic E-state index is -0.733. The van der Waals surface area contributed by atoms with Crippen LogP contribution in [0, 0.1) is 0 Å². The van der Waals surface area contributed by atoms with Gasteiger partial charge in [0.15, 0.2) is 0 Å². The second-order valence-corrected chi connectivity index (χ2v) is 3.89. The molecule has 1 heterocycles. The molecule has 0 radical (unpaired) electrons. The number of carboxylic acids is 1. The molecule has 3 N–H and O–H groups in total. The monoisotopic (exact) mass is 200 g/mol. The molecular weight excluding hydrogens is 180 g/mol. The van der Waals surface area contributed by atoms with E-state index in [4.69, 9.17) is 5.11 Å². The summed E-state index contributed by atoms with van der Waals surface area (Å²) < 4.78 is 0. The molecule has 14 heavy (non-hydrogen) atoms. The molecule has 1 rings (SSSR count). The Kier molecular flexibility index (Phi) is 4.90. The summed E-state index contributed by atoms with van der Waals surface area (Å²) in [5.41, 5.74) is 0. The topological polar surface area (TPSA) is 61.4 Å². The van der Waals surface area contributed by atoms with E-state index in [0.29, 0.717) is 12.5 Å². The summed E-state index contributed by atoms with van der Waals surface area (Å²) >= 11 is 0. The fourth-order valence-electron chi connectivity index (χ4n) is 1.76. The lowest BCUT2D eigenvalue weighted by Gasteiger charge is -2.10. The number of nitrogens with one attached hydrogen (secondary N) is 2. The van der Waals surface area contributed by atoms with Gasteiger partial charge in [-0.3, -0.25) is 4.79 Å². The Morgan fingerprint density at radius 2 is 2.36 bits per heavy atom. The van der Waals surface area contributed by atoms with Crippen LogP contribution in [-0.4, -0.2) is 36.2 Å². The Morgan fingerprint density at radius 3 is 2.93 bits per heavy atom. The molecule has 1 aliphatic heterocycles. The highest BCUT2D eigenvalue weighted by Gasteiger charge is 2.28. The third-order valence-electron chi connectivity index (χ3n) is 2.64. The molecular formula is C10H20N2O2. The summed E-state index contributed by atoms with van der Waals surface area (Å²) in [6.07, 6.45) is 4.37. The van der Waals surface area contributed by atoms with E-state index in [9.17, 15) is 4.79 Å². The number of aliphatic carboxylic acids is 1. The van der Waals surface area contributed by atoms with Crippen LogP contribution in [-0.2, 0) is 4.79 Å². The van der Waals surface area contributed by atoms with Crippen LogP contribution in [0.25, 0.3) is 0 Å². The van der Waals surface area contributed by atoms with E-state index >= 15 is 0 Å². The normalized spacial score (nSPS) is 26.6. The maximum absolute atomic E-state index is 10.6. The lowest BCUT2D eigenvalue weighted by molar-refractivity contribution is -0.139. The van der Waals surface area contributed by atoms with Crippen LogP contribution in [0.15, 0.2) is 0 Å². The van der Waals surface area contributed by atoms with Crippen molar-refractivity contribution < 1.29 is 9.90 Å². The highest BCUT2D eigenvalue weighted by atomic mass is 16.4. The third-order valence-corrected chi connectivity index (χ3v) is 2.64. The number of carboxylic acid groups (broad SMARTS) is 1. The molecule has 0 aromatic heterocycles. The first-order valence-corrected chi connectivity index (χ1v) is 5.43. The van der Waals surface area contributed by atoms with Gasteiger partial charge in [-0.15, -0.1) is 0 Å². The van der Waals surface area contributed by atoms with E-state index in [1.807, 2.05) is 0 Å². The summed E-state index contributed by atoms with van der Waals surface area (Å²) in [4.78, 5) is 10.6. The number of rotatable bonds is 6. The number of hydrogen-bond donors (Lipinski definition) is 3. The smallest absolute Gasteiger partial charge is 0.320 e. The first-order valence-electron chi connectivity index (χ1n) is 5.43. The lowest BCUT2D eigenvalue weighted by Crippen LogP contribution is -2.31. The van der Waals surface area contributed by atoms with Crippen molar-refractivity contribution in [2.45, 2.75) is 44.7 Å². The van der Waals surface area contributed by atoms with Gasteiger partial charge in [0.1, 0.15) is 6.04 Å². The van der Waals surface area contributed by atoms with E-state index in [0.717, 1.165) is 13.1 Å². The van der Waals surface area contributed by atoms with Gasteiger partial charge < -0.3 is 15.7 Å². The zero-order valence-corrected chi connectivity index (χ0v) is 8.75. The standard InChI is InChI=1S/C10H20N2O2/c1-2-3-4-5-11-8-6-9(10(13)14)12-7-8/h8-9,11-12H,2-7H2,1H3,(H,13,14)/t8?,9-/m0/s1. The molecule has 0 spiro atoms. The van der Waals surface area contributed by atoms with Crippen molar-refractivity contribution in [1.82, 2.24) is 10.6 Å². The second-order valence-electron chi connectivity index (χ2n) is 3.89. The minimum absolute atomic E-state index is 0.341. The predicted molar refractivity (Wildman–Crippen MR) is 55.4 cm³/mol. The van der Waals surface area contributed by atoms with Crippen molar-refractivity contribution >= 4 is 5.97 Å². The highest BCUT2D eigenvalue weighted by Crippen LogP contribution is 2.06. The predicted octanol–water partition coefficient (Wildman–Crippen LogP) is 0.581. The Labute approximate surface area is 85.1 Å². The summed E-state index contributed by atoms with van der Waals surface area (Å²) in [5, 5.41) is 15.1. The Balaban J connectivity index is 2.07. The highest BCUT2D eigenvalue weighted by molar-refractivity contribution is 5.73. The van der Waals surface area contributed by atoms with Gasteiger partial charge in [-0.1, -0.05) is 19.8 Å². The molecule has 0 bridgehead atoms. The molecule has 82 valence electrons. The molecule has 1 saturated heterocycles. The van der Waals surface area contributed by atoms with Crippen LogP contribution in [0.5, 0.6) is 0 Å². The molecule has 0 aliphatic carbocycles. The van der Waals surface area contributed by atoms with Gasteiger partial charge in [0.25, 0.3) is 0 Å². The summed E-state index contributed by atoms with van der Waals surface area (Å²) in [7, 11) is 0. The summed E-state index contributed by atoms with van der Waals surface area (Å²) in [5.74, 6) is -0.733. The Bertz CT molecular complexity index is 185. The fraction of sp³-hybridized carbons (Fsp3) is 0.900. The SMILES string of the molecule is CCCCCNC1CN[C@H](C(=O)O)C1. The number of unbranched alkanes of at least 4 members (excludes halogenated alkanes) is 2. The van der Waals surface area contributed by atoms with Crippen molar-refractivity contribution in [3.05, 3.63) is 0 Å². The lowest BCUT2D eigenvalue weighted by atomic mass is 10.1. The van der Waals surface area contributed by atoms with Crippen LogP contribution in [0.3, 0.4) is 0 Å². The van der Waals surface area contributed by atoms with Gasteiger partial charge in [-0.2, -0.15) is 0 Å². The minimum Gasteiger partial charge on any atom is -0.480 e. The Hall–Kier alpha value is -0.610. The molecule has 1 unspecified atom stereocenters. The summed E-state index contributed by atoms with van der Waals surface area (Å²) in [6, 6.07) is -0.00775. The molecule has 4 heteroatoms. The van der Waals surface area contributed by atoms with E-state index in [1.165, 1.54) is 19.3 Å². The van der Waals surface area contributed by atoms with E-state index in [-0.39, 0.29) is 6.04 Å². The quantitative estimate of drug-likeness (QED) is 0.549. The largest absolute Gasteiger partial charge is 0.480 e. The maximum atomic E-state index is 10.6. The van der Waals surface area contributed by atoms with Crippen molar-refractivity contribution in [3.63, 3.8) is 0 Å². The van der Waals surface area contributed by atoms with Crippen molar-refractivity contribution in [2.24, 2.45) is 0 Å². The Morgan fingerprint density at radius 1 is 1.57 bits per heavy atom. The van der Waals surface area contributed by atoms with Gasteiger partial charge in [-0.25, -0.2) is 0 Å². The van der Waals surface area contributed by atoms with Crippen LogP contribution in [0.4, 0.5) is 0 Å². The van der Waals surface area contributed by atoms with Crippen molar-refractivity contribution in [3.8, 4) is 0 Å². The number of hydrogen-bond acceptors (Lipinski definition) is 3.